The van der Waals surface area contributed by atoms with E-state index >= 15 is 0 Å². The first-order valence-corrected chi connectivity index (χ1v) is 5.32. The van der Waals surface area contributed by atoms with E-state index in [1.807, 2.05) is 6.92 Å². The summed E-state index contributed by atoms with van der Waals surface area (Å²) < 4.78 is 50.5. The fourth-order valence-corrected chi connectivity index (χ4v) is 2.36. The highest BCUT2D eigenvalue weighted by Gasteiger charge is 2.43. The Morgan fingerprint density at radius 1 is 1.29 bits per heavy atom. The van der Waals surface area contributed by atoms with Gasteiger partial charge in [-0.1, -0.05) is 13.0 Å². The van der Waals surface area contributed by atoms with Gasteiger partial charge in [0.05, 0.1) is 11.2 Å². The van der Waals surface area contributed by atoms with Gasteiger partial charge in [-0.2, -0.15) is 13.2 Å². The van der Waals surface area contributed by atoms with Crippen molar-refractivity contribution in [1.29, 1.82) is 0 Å². The van der Waals surface area contributed by atoms with E-state index in [1.165, 1.54) is 6.07 Å². The van der Waals surface area contributed by atoms with Crippen LogP contribution in [0.15, 0.2) is 18.2 Å². The van der Waals surface area contributed by atoms with E-state index in [2.05, 4.69) is 0 Å². The summed E-state index contributed by atoms with van der Waals surface area (Å²) in [6, 6.07) is 2.69. The molecule has 0 aliphatic heterocycles. The topological polar surface area (TPSA) is 20.2 Å². The molecule has 0 amide bonds. The van der Waals surface area contributed by atoms with Crippen LogP contribution in [0.5, 0.6) is 0 Å². The summed E-state index contributed by atoms with van der Waals surface area (Å²) in [6.07, 6.45) is -3.91. The maximum absolute atomic E-state index is 13.1. The number of hydrogen-bond acceptors (Lipinski definition) is 1. The van der Waals surface area contributed by atoms with Gasteiger partial charge in [-0.25, -0.2) is 4.39 Å². The molecular weight excluding hydrogens is 236 g/mol. The third kappa shape index (κ3) is 2.16. The van der Waals surface area contributed by atoms with Crippen molar-refractivity contribution < 1.29 is 22.7 Å². The highest BCUT2D eigenvalue weighted by molar-refractivity contribution is 5.32. The van der Waals surface area contributed by atoms with Crippen molar-refractivity contribution in [3.8, 4) is 0 Å². The van der Waals surface area contributed by atoms with E-state index in [0.29, 0.717) is 18.9 Å². The summed E-state index contributed by atoms with van der Waals surface area (Å²) in [5, 5.41) is 10.0. The Morgan fingerprint density at radius 3 is 2.35 bits per heavy atom. The molecule has 1 saturated carbocycles. The van der Waals surface area contributed by atoms with Crippen LogP contribution in [0.3, 0.4) is 0 Å². The lowest BCUT2D eigenvalue weighted by Gasteiger charge is -2.42. The first-order valence-electron chi connectivity index (χ1n) is 5.32. The van der Waals surface area contributed by atoms with E-state index in [1.54, 1.807) is 0 Å². The Hall–Kier alpha value is -1.10. The molecule has 2 rings (SSSR count). The summed E-state index contributed by atoms with van der Waals surface area (Å²) in [5.74, 6) is -1.03. The summed E-state index contributed by atoms with van der Waals surface area (Å²) in [5.41, 5.74) is -2.40. The van der Waals surface area contributed by atoms with Gasteiger partial charge in [0.15, 0.2) is 0 Å². The lowest BCUT2D eigenvalue weighted by atomic mass is 9.68. The minimum atomic E-state index is -4.73. The Balaban J connectivity index is 2.39. The van der Waals surface area contributed by atoms with Crippen molar-refractivity contribution in [2.45, 2.75) is 31.5 Å². The number of hydrogen-bond donors (Lipinski definition) is 1. The second-order valence-electron chi connectivity index (χ2n) is 4.74. The number of aliphatic hydroxyl groups is 1. The predicted molar refractivity (Wildman–Crippen MR) is 53.7 cm³/mol. The van der Waals surface area contributed by atoms with Gasteiger partial charge in [-0.05, 0) is 36.5 Å². The Bertz CT molecular complexity index is 433. The van der Waals surface area contributed by atoms with Gasteiger partial charge < -0.3 is 5.11 Å². The maximum Gasteiger partial charge on any atom is 0.419 e. The van der Waals surface area contributed by atoms with E-state index < -0.39 is 23.2 Å². The van der Waals surface area contributed by atoms with Crippen molar-refractivity contribution >= 4 is 0 Å². The second kappa shape index (κ2) is 3.70. The van der Waals surface area contributed by atoms with Crippen LogP contribution in [0.1, 0.15) is 30.9 Å². The zero-order valence-corrected chi connectivity index (χ0v) is 9.18. The highest BCUT2D eigenvalue weighted by Crippen LogP contribution is 2.46. The minimum Gasteiger partial charge on any atom is -0.385 e. The van der Waals surface area contributed by atoms with Gasteiger partial charge in [0.1, 0.15) is 5.82 Å². The third-order valence-electron chi connectivity index (χ3n) is 3.18. The van der Waals surface area contributed by atoms with E-state index in [0.717, 1.165) is 6.07 Å². The van der Waals surface area contributed by atoms with Gasteiger partial charge in [-0.15, -0.1) is 0 Å². The highest BCUT2D eigenvalue weighted by atomic mass is 19.4. The van der Waals surface area contributed by atoms with Crippen molar-refractivity contribution in [2.24, 2.45) is 5.92 Å². The average Bonchev–Trinajstić information content (AvgIpc) is 2.14. The molecule has 1 aliphatic carbocycles. The second-order valence-corrected chi connectivity index (χ2v) is 4.74. The van der Waals surface area contributed by atoms with Gasteiger partial charge in [-0.3, -0.25) is 0 Å². The van der Waals surface area contributed by atoms with Crippen LogP contribution in [-0.4, -0.2) is 5.11 Å². The fourth-order valence-electron chi connectivity index (χ4n) is 2.36. The van der Waals surface area contributed by atoms with Crippen LogP contribution in [0.4, 0.5) is 17.6 Å². The molecule has 1 aliphatic rings. The molecule has 0 bridgehead atoms. The van der Waals surface area contributed by atoms with Crippen LogP contribution in [0.2, 0.25) is 0 Å². The average molecular weight is 248 g/mol. The summed E-state index contributed by atoms with van der Waals surface area (Å²) in [6.45, 7) is 1.91. The molecule has 0 atom stereocenters. The number of alkyl halides is 3. The molecule has 1 aromatic carbocycles. The quantitative estimate of drug-likeness (QED) is 0.754. The van der Waals surface area contributed by atoms with Gasteiger partial charge in [0.25, 0.3) is 0 Å². The molecule has 94 valence electrons. The van der Waals surface area contributed by atoms with E-state index in [-0.39, 0.29) is 11.5 Å². The molecule has 1 nitrogen and oxygen atoms in total. The lowest BCUT2D eigenvalue weighted by Crippen LogP contribution is -2.40. The zero-order chi connectivity index (χ0) is 12.8. The fraction of sp³-hybridized carbons (Fsp3) is 0.500. The van der Waals surface area contributed by atoms with Crippen LogP contribution < -0.4 is 0 Å². The Labute approximate surface area is 96.1 Å². The van der Waals surface area contributed by atoms with Crippen LogP contribution >= 0.6 is 0 Å². The summed E-state index contributed by atoms with van der Waals surface area (Å²) in [4.78, 5) is 0. The first-order chi connectivity index (χ1) is 7.72. The number of halogens is 4. The van der Waals surface area contributed by atoms with Gasteiger partial charge in [0.2, 0.25) is 0 Å². The summed E-state index contributed by atoms with van der Waals surface area (Å²) >= 11 is 0. The molecule has 1 fully saturated rings. The molecule has 1 aromatic rings. The van der Waals surface area contributed by atoms with Crippen LogP contribution in [0, 0.1) is 11.7 Å². The molecule has 0 aromatic heterocycles. The van der Waals surface area contributed by atoms with Crippen molar-refractivity contribution in [2.75, 3.05) is 0 Å². The van der Waals surface area contributed by atoms with Crippen molar-refractivity contribution in [3.63, 3.8) is 0 Å². The first kappa shape index (κ1) is 12.4. The van der Waals surface area contributed by atoms with Crippen molar-refractivity contribution in [1.82, 2.24) is 0 Å². The molecule has 0 radical (unpaired) electrons. The molecule has 0 saturated heterocycles. The summed E-state index contributed by atoms with van der Waals surface area (Å²) in [7, 11) is 0. The molecule has 5 heteroatoms. The Morgan fingerprint density at radius 2 is 1.88 bits per heavy atom. The third-order valence-corrected chi connectivity index (χ3v) is 3.18. The standard InChI is InChI=1S/C12H12F4O/c1-7-5-11(17,6-7)8-2-3-10(13)9(4-8)12(14,15)16/h2-4,7,17H,5-6H2,1H3. The minimum absolute atomic E-state index is 0.143. The van der Waals surface area contributed by atoms with E-state index in [4.69, 9.17) is 0 Å². The van der Waals surface area contributed by atoms with Gasteiger partial charge >= 0.3 is 6.18 Å². The molecule has 17 heavy (non-hydrogen) atoms. The Kier molecular flexibility index (Phi) is 2.69. The maximum atomic E-state index is 13.1. The number of benzene rings is 1. The molecule has 0 unspecified atom stereocenters. The SMILES string of the molecule is CC1CC(O)(c2ccc(F)c(C(F)(F)F)c2)C1. The monoisotopic (exact) mass is 248 g/mol. The molecule has 0 heterocycles. The molecule has 1 N–H and O–H groups in total. The normalized spacial score (nSPS) is 28.9. The van der Waals surface area contributed by atoms with Gasteiger partial charge in [0, 0.05) is 0 Å². The molecular formula is C12H12F4O. The number of rotatable bonds is 1. The lowest BCUT2D eigenvalue weighted by molar-refractivity contribution is -0.140. The van der Waals surface area contributed by atoms with Crippen LogP contribution in [-0.2, 0) is 11.8 Å². The zero-order valence-electron chi connectivity index (χ0n) is 9.18. The van der Waals surface area contributed by atoms with Crippen molar-refractivity contribution in [3.05, 3.63) is 35.1 Å². The smallest absolute Gasteiger partial charge is 0.385 e. The molecule has 0 spiro atoms. The van der Waals surface area contributed by atoms with Crippen LogP contribution in [0.25, 0.3) is 0 Å². The van der Waals surface area contributed by atoms with E-state index in [9.17, 15) is 22.7 Å². The largest absolute Gasteiger partial charge is 0.419 e. The predicted octanol–water partition coefficient (Wildman–Crippen LogP) is 3.46.